The maximum absolute atomic E-state index is 12.3. The number of halogens is 1. The monoisotopic (exact) mass is 315 g/mol. The summed E-state index contributed by atoms with van der Waals surface area (Å²) in [7, 11) is -3.82. The molecule has 0 saturated carbocycles. The Balaban J connectivity index is 3.07. The number of sulfonamides is 1. The van der Waals surface area contributed by atoms with E-state index >= 15 is 0 Å². The number of rotatable bonds is 6. The third-order valence-corrected chi connectivity index (χ3v) is 5.05. The zero-order chi connectivity index (χ0) is 15.4. The van der Waals surface area contributed by atoms with Crippen LogP contribution in [0.1, 0.15) is 32.3 Å². The maximum Gasteiger partial charge on any atom is 0.242 e. The molecule has 3 N–H and O–H groups in total. The first kappa shape index (κ1) is 16.9. The molecule has 5 nitrogen and oxygen atoms in total. The third kappa shape index (κ3) is 3.93. The van der Waals surface area contributed by atoms with Gasteiger partial charge in [0.25, 0.3) is 0 Å². The van der Waals surface area contributed by atoms with E-state index in [4.69, 9.17) is 22.6 Å². The normalized spacial score (nSPS) is 12.2. The van der Waals surface area contributed by atoms with Crippen molar-refractivity contribution < 1.29 is 8.42 Å². The molecule has 0 radical (unpaired) electrons. The van der Waals surface area contributed by atoms with Crippen molar-refractivity contribution in [2.75, 3.05) is 6.54 Å². The first-order chi connectivity index (χ1) is 9.28. The van der Waals surface area contributed by atoms with E-state index in [1.54, 1.807) is 0 Å². The van der Waals surface area contributed by atoms with Gasteiger partial charge in [0.2, 0.25) is 10.0 Å². The van der Waals surface area contributed by atoms with E-state index in [1.807, 2.05) is 19.9 Å². The second kappa shape index (κ2) is 6.55. The molecule has 0 amide bonds. The number of nitriles is 1. The van der Waals surface area contributed by atoms with E-state index in [2.05, 4.69) is 4.72 Å². The minimum absolute atomic E-state index is 0.0533. The van der Waals surface area contributed by atoms with Crippen LogP contribution in [-0.4, -0.2) is 20.5 Å². The molecule has 0 spiro atoms. The van der Waals surface area contributed by atoms with Crippen LogP contribution in [0.5, 0.6) is 0 Å². The van der Waals surface area contributed by atoms with E-state index in [1.165, 1.54) is 18.2 Å². The van der Waals surface area contributed by atoms with Gasteiger partial charge in [-0.25, -0.2) is 13.1 Å². The molecule has 0 unspecified atom stereocenters. The molecule has 0 aromatic heterocycles. The number of nitrogens with one attached hydrogen (secondary N) is 1. The van der Waals surface area contributed by atoms with Gasteiger partial charge >= 0.3 is 0 Å². The van der Waals surface area contributed by atoms with Crippen molar-refractivity contribution in [1.29, 1.82) is 5.26 Å². The van der Waals surface area contributed by atoms with Crippen LogP contribution in [0.2, 0.25) is 5.02 Å². The minimum Gasteiger partial charge on any atom is -0.324 e. The minimum atomic E-state index is -3.82. The second-order valence-electron chi connectivity index (χ2n) is 4.65. The van der Waals surface area contributed by atoms with Crippen LogP contribution in [0.3, 0.4) is 0 Å². The molecule has 0 aliphatic heterocycles. The topological polar surface area (TPSA) is 96.0 Å². The van der Waals surface area contributed by atoms with Crippen molar-refractivity contribution in [2.24, 2.45) is 5.73 Å². The molecule has 0 aliphatic carbocycles. The molecule has 0 heterocycles. The molecule has 7 heteroatoms. The maximum atomic E-state index is 12.3. The summed E-state index contributed by atoms with van der Waals surface area (Å²) in [5, 5.41) is 9.24. The van der Waals surface area contributed by atoms with Crippen LogP contribution in [-0.2, 0) is 10.0 Å². The Kier molecular flexibility index (Phi) is 5.54. The number of hydrogen-bond acceptors (Lipinski definition) is 4. The van der Waals surface area contributed by atoms with Crippen molar-refractivity contribution in [1.82, 2.24) is 4.72 Å². The third-order valence-electron chi connectivity index (χ3n) is 3.38. The highest BCUT2D eigenvalue weighted by molar-refractivity contribution is 7.89. The lowest BCUT2D eigenvalue weighted by Gasteiger charge is -2.26. The first-order valence-corrected chi connectivity index (χ1v) is 8.12. The summed E-state index contributed by atoms with van der Waals surface area (Å²) >= 11 is 5.80. The highest BCUT2D eigenvalue weighted by atomic mass is 35.5. The number of nitrogens with two attached hydrogens (primary N) is 1. The summed E-state index contributed by atoms with van der Waals surface area (Å²) in [6, 6.07) is 5.97. The van der Waals surface area contributed by atoms with Crippen LogP contribution >= 0.6 is 11.6 Å². The number of hydrogen-bond donors (Lipinski definition) is 2. The van der Waals surface area contributed by atoms with Crippen molar-refractivity contribution in [2.45, 2.75) is 37.1 Å². The molecule has 0 atom stereocenters. The largest absolute Gasteiger partial charge is 0.324 e. The van der Waals surface area contributed by atoms with Crippen LogP contribution in [0.25, 0.3) is 0 Å². The summed E-state index contributed by atoms with van der Waals surface area (Å²) < 4.78 is 27.0. The van der Waals surface area contributed by atoms with E-state index < -0.39 is 15.6 Å². The van der Waals surface area contributed by atoms with E-state index in [9.17, 15) is 8.42 Å². The first-order valence-electron chi connectivity index (χ1n) is 6.26. The van der Waals surface area contributed by atoms with Crippen molar-refractivity contribution in [3.63, 3.8) is 0 Å². The van der Waals surface area contributed by atoms with Crippen LogP contribution in [0.15, 0.2) is 23.1 Å². The SMILES string of the molecule is CCC(N)(CC)CNS(=O)(=O)c1cc(Cl)ccc1C#N. The molecule has 1 aromatic rings. The van der Waals surface area contributed by atoms with Crippen LogP contribution < -0.4 is 10.5 Å². The molecule has 1 aromatic carbocycles. The van der Waals surface area contributed by atoms with E-state index in [-0.39, 0.29) is 22.0 Å². The Morgan fingerprint density at radius 2 is 2.00 bits per heavy atom. The Morgan fingerprint density at radius 1 is 1.40 bits per heavy atom. The van der Waals surface area contributed by atoms with Crippen LogP contribution in [0.4, 0.5) is 0 Å². The Hall–Kier alpha value is -1.13. The van der Waals surface area contributed by atoms with Gasteiger partial charge in [-0.3, -0.25) is 0 Å². The number of benzene rings is 1. The molecule has 1 rings (SSSR count). The van der Waals surface area contributed by atoms with Gasteiger partial charge in [-0.1, -0.05) is 25.4 Å². The van der Waals surface area contributed by atoms with Gasteiger partial charge in [0.05, 0.1) is 5.56 Å². The molecule has 20 heavy (non-hydrogen) atoms. The predicted molar refractivity (Wildman–Crippen MR) is 78.9 cm³/mol. The van der Waals surface area contributed by atoms with Crippen molar-refractivity contribution >= 4 is 21.6 Å². The summed E-state index contributed by atoms with van der Waals surface area (Å²) in [6.45, 7) is 3.91. The summed E-state index contributed by atoms with van der Waals surface area (Å²) in [5.74, 6) is 0. The second-order valence-corrected chi connectivity index (χ2v) is 6.82. The zero-order valence-electron chi connectivity index (χ0n) is 11.5. The van der Waals surface area contributed by atoms with Gasteiger partial charge in [-0.2, -0.15) is 5.26 Å². The zero-order valence-corrected chi connectivity index (χ0v) is 13.1. The fourth-order valence-corrected chi connectivity index (χ4v) is 3.18. The van der Waals surface area contributed by atoms with Crippen molar-refractivity contribution in [3.8, 4) is 6.07 Å². The lowest BCUT2D eigenvalue weighted by molar-refractivity contribution is 0.391. The predicted octanol–water partition coefficient (Wildman–Crippen LogP) is 2.01. The molecular weight excluding hydrogens is 298 g/mol. The highest BCUT2D eigenvalue weighted by Gasteiger charge is 2.25. The van der Waals surface area contributed by atoms with Crippen molar-refractivity contribution in [3.05, 3.63) is 28.8 Å². The highest BCUT2D eigenvalue weighted by Crippen LogP contribution is 2.21. The molecule has 110 valence electrons. The molecule has 0 bridgehead atoms. The van der Waals surface area contributed by atoms with E-state index in [0.29, 0.717) is 12.8 Å². The molecule has 0 saturated heterocycles. The summed E-state index contributed by atoms with van der Waals surface area (Å²) in [4.78, 5) is -0.123. The van der Waals surface area contributed by atoms with Gasteiger partial charge in [-0.05, 0) is 31.0 Å². The molecule has 0 aliphatic rings. The summed E-state index contributed by atoms with van der Waals surface area (Å²) in [6.07, 6.45) is 1.29. The average Bonchev–Trinajstić information content (AvgIpc) is 2.45. The number of nitrogens with zero attached hydrogens (tertiary/aromatic N) is 1. The Morgan fingerprint density at radius 3 is 2.50 bits per heavy atom. The fraction of sp³-hybridized carbons (Fsp3) is 0.462. The van der Waals surface area contributed by atoms with Gasteiger partial charge < -0.3 is 5.73 Å². The van der Waals surface area contributed by atoms with Gasteiger partial charge in [-0.15, -0.1) is 0 Å². The molecular formula is C13H18ClN3O2S. The van der Waals surface area contributed by atoms with Crippen LogP contribution in [0, 0.1) is 11.3 Å². The van der Waals surface area contributed by atoms with E-state index in [0.717, 1.165) is 0 Å². The van der Waals surface area contributed by atoms with Gasteiger partial charge in [0, 0.05) is 17.1 Å². The lowest BCUT2D eigenvalue weighted by Crippen LogP contribution is -2.49. The average molecular weight is 316 g/mol. The lowest BCUT2D eigenvalue weighted by atomic mass is 9.95. The Bertz CT molecular complexity index is 619. The van der Waals surface area contributed by atoms with Gasteiger partial charge in [0.15, 0.2) is 0 Å². The Labute approximate surface area is 124 Å². The standard InChI is InChI=1S/C13H18ClN3O2S/c1-3-13(16,4-2)9-17-20(18,19)12-7-11(14)6-5-10(12)8-15/h5-7,17H,3-4,9,16H2,1-2H3. The summed E-state index contributed by atoms with van der Waals surface area (Å²) in [5.41, 5.74) is 5.52. The fourth-order valence-electron chi connectivity index (χ4n) is 1.63. The smallest absolute Gasteiger partial charge is 0.242 e. The molecule has 0 fully saturated rings. The quantitative estimate of drug-likeness (QED) is 0.839. The van der Waals surface area contributed by atoms with Gasteiger partial charge in [0.1, 0.15) is 11.0 Å².